The van der Waals surface area contributed by atoms with Crippen molar-refractivity contribution in [2.45, 2.75) is 51.2 Å². The number of hydrogen-bond donors (Lipinski definition) is 1. The van der Waals surface area contributed by atoms with Gasteiger partial charge in [-0.15, -0.1) is 5.10 Å². The minimum atomic E-state index is -1.11. The molecule has 0 radical (unpaired) electrons. The Morgan fingerprint density at radius 1 is 1.32 bits per heavy atom. The maximum Gasteiger partial charge on any atom is 0.254 e. The van der Waals surface area contributed by atoms with Gasteiger partial charge in [0, 0.05) is 24.6 Å². The van der Waals surface area contributed by atoms with Crippen LogP contribution in [0.5, 0.6) is 0 Å². The number of aromatic nitrogens is 3. The molecule has 1 aromatic carbocycles. The molecule has 1 aliphatic carbocycles. The fourth-order valence-corrected chi connectivity index (χ4v) is 3.91. The Bertz CT molecular complexity index is 814. The van der Waals surface area contributed by atoms with Gasteiger partial charge < -0.3 is 10.0 Å². The molecule has 2 aromatic rings. The lowest BCUT2D eigenvalue weighted by Gasteiger charge is -2.22. The molecule has 1 aromatic heterocycles. The van der Waals surface area contributed by atoms with Gasteiger partial charge in [0.05, 0.1) is 12.7 Å². The van der Waals surface area contributed by atoms with E-state index in [-0.39, 0.29) is 18.5 Å². The van der Waals surface area contributed by atoms with Crippen molar-refractivity contribution in [1.82, 2.24) is 19.9 Å². The van der Waals surface area contributed by atoms with Crippen LogP contribution in [0.25, 0.3) is 0 Å². The fourth-order valence-electron chi connectivity index (χ4n) is 3.91. The fraction of sp³-hybridized carbons (Fsp3) is 0.526. The molecule has 25 heavy (non-hydrogen) atoms. The second kappa shape index (κ2) is 5.95. The maximum atomic E-state index is 13.0. The summed E-state index contributed by atoms with van der Waals surface area (Å²) in [5.74, 6) is 0.0194. The number of likely N-dealkylation sites (tertiary alicyclic amines) is 1. The number of hydrogen-bond acceptors (Lipinski definition) is 4. The summed E-state index contributed by atoms with van der Waals surface area (Å²) in [5.41, 5.74) is 2.72. The molecule has 1 aliphatic heterocycles. The van der Waals surface area contributed by atoms with Crippen molar-refractivity contribution in [2.24, 2.45) is 0 Å². The third-order valence-electron chi connectivity index (χ3n) is 5.43. The first-order valence-electron chi connectivity index (χ1n) is 9.03. The standard InChI is InChI=1S/C19H24N4O2/c1-13(2)23-11-17(20-21-23)19(25)9-10-22(12-19)18(24)16-8-4-6-14-5-3-7-15(14)16/h4,6,8,11,13,25H,3,5,7,9-10,12H2,1-2H3. The van der Waals surface area contributed by atoms with E-state index in [9.17, 15) is 9.90 Å². The second-order valence-corrected chi connectivity index (χ2v) is 7.48. The summed E-state index contributed by atoms with van der Waals surface area (Å²) in [7, 11) is 0. The van der Waals surface area contributed by atoms with Crippen LogP contribution >= 0.6 is 0 Å². The maximum absolute atomic E-state index is 13.0. The second-order valence-electron chi connectivity index (χ2n) is 7.48. The van der Waals surface area contributed by atoms with Crippen molar-refractivity contribution in [1.29, 1.82) is 0 Å². The van der Waals surface area contributed by atoms with Crippen LogP contribution in [0.15, 0.2) is 24.4 Å². The average Bonchev–Trinajstić information content (AvgIpc) is 3.32. The Morgan fingerprint density at radius 2 is 2.16 bits per heavy atom. The molecule has 6 heteroatoms. The highest BCUT2D eigenvalue weighted by molar-refractivity contribution is 5.96. The summed E-state index contributed by atoms with van der Waals surface area (Å²) in [6, 6.07) is 6.19. The van der Waals surface area contributed by atoms with Gasteiger partial charge in [0.2, 0.25) is 0 Å². The number of rotatable bonds is 3. The van der Waals surface area contributed by atoms with Gasteiger partial charge in [0.25, 0.3) is 5.91 Å². The predicted molar refractivity (Wildman–Crippen MR) is 93.3 cm³/mol. The number of carbonyl (C=O) groups excluding carboxylic acids is 1. The number of amides is 1. The van der Waals surface area contributed by atoms with Crippen molar-refractivity contribution < 1.29 is 9.90 Å². The smallest absolute Gasteiger partial charge is 0.254 e. The molecule has 2 heterocycles. The van der Waals surface area contributed by atoms with Gasteiger partial charge in [0.15, 0.2) is 0 Å². The first-order valence-corrected chi connectivity index (χ1v) is 9.03. The normalized spacial score (nSPS) is 22.6. The molecular weight excluding hydrogens is 316 g/mol. The van der Waals surface area contributed by atoms with Gasteiger partial charge in [-0.1, -0.05) is 17.3 Å². The molecule has 132 valence electrons. The minimum absolute atomic E-state index is 0.0194. The van der Waals surface area contributed by atoms with Crippen molar-refractivity contribution in [3.63, 3.8) is 0 Å². The molecule has 0 bridgehead atoms. The number of benzene rings is 1. The van der Waals surface area contributed by atoms with Crippen LogP contribution in [0.2, 0.25) is 0 Å². The number of aliphatic hydroxyl groups is 1. The number of aryl methyl sites for hydroxylation is 1. The summed E-state index contributed by atoms with van der Waals surface area (Å²) in [6.45, 7) is 4.84. The molecule has 1 fully saturated rings. The zero-order valence-corrected chi connectivity index (χ0v) is 14.8. The van der Waals surface area contributed by atoms with Crippen LogP contribution in [0, 0.1) is 0 Å². The highest BCUT2D eigenvalue weighted by Gasteiger charge is 2.42. The largest absolute Gasteiger partial charge is 0.381 e. The third kappa shape index (κ3) is 2.74. The van der Waals surface area contributed by atoms with Gasteiger partial charge in [-0.25, -0.2) is 4.68 Å². The number of carbonyl (C=O) groups is 1. The van der Waals surface area contributed by atoms with E-state index in [2.05, 4.69) is 16.4 Å². The molecule has 1 atom stereocenters. The van der Waals surface area contributed by atoms with Crippen molar-refractivity contribution in [3.8, 4) is 0 Å². The van der Waals surface area contributed by atoms with Crippen LogP contribution < -0.4 is 0 Å². The Labute approximate surface area is 147 Å². The Kier molecular flexibility index (Phi) is 3.87. The minimum Gasteiger partial charge on any atom is -0.381 e. The lowest BCUT2D eigenvalue weighted by Crippen LogP contribution is -2.35. The summed E-state index contributed by atoms with van der Waals surface area (Å²) in [4.78, 5) is 14.8. The average molecular weight is 340 g/mol. The first kappa shape index (κ1) is 16.3. The van der Waals surface area contributed by atoms with E-state index in [0.717, 1.165) is 24.8 Å². The summed E-state index contributed by atoms with van der Waals surface area (Å²) >= 11 is 0. The lowest BCUT2D eigenvalue weighted by atomic mass is 9.99. The van der Waals surface area contributed by atoms with Crippen LogP contribution in [0.3, 0.4) is 0 Å². The number of fused-ring (bicyclic) bond motifs is 1. The SMILES string of the molecule is CC(C)n1cc(C2(O)CCN(C(=O)c3cccc4c3CCC4)C2)nn1. The highest BCUT2D eigenvalue weighted by Crippen LogP contribution is 2.33. The van der Waals surface area contributed by atoms with Crippen LogP contribution in [0.4, 0.5) is 0 Å². The quantitative estimate of drug-likeness (QED) is 0.929. The topological polar surface area (TPSA) is 71.2 Å². The summed E-state index contributed by atoms with van der Waals surface area (Å²) < 4.78 is 1.74. The van der Waals surface area contributed by atoms with E-state index in [1.165, 1.54) is 11.1 Å². The van der Waals surface area contributed by atoms with E-state index < -0.39 is 5.60 Å². The molecule has 0 saturated carbocycles. The van der Waals surface area contributed by atoms with Gasteiger partial charge in [-0.05, 0) is 50.3 Å². The van der Waals surface area contributed by atoms with Gasteiger partial charge in [-0.3, -0.25) is 4.79 Å². The van der Waals surface area contributed by atoms with Crippen LogP contribution in [-0.4, -0.2) is 44.0 Å². The van der Waals surface area contributed by atoms with E-state index in [0.29, 0.717) is 18.7 Å². The Hall–Kier alpha value is -2.21. The van der Waals surface area contributed by atoms with E-state index in [1.807, 2.05) is 26.0 Å². The molecule has 0 spiro atoms. The van der Waals surface area contributed by atoms with E-state index in [4.69, 9.17) is 0 Å². The molecule has 6 nitrogen and oxygen atoms in total. The van der Waals surface area contributed by atoms with Gasteiger partial charge in [-0.2, -0.15) is 0 Å². The Morgan fingerprint density at radius 3 is 2.92 bits per heavy atom. The van der Waals surface area contributed by atoms with Crippen molar-refractivity contribution >= 4 is 5.91 Å². The lowest BCUT2D eigenvalue weighted by molar-refractivity contribution is 0.0381. The zero-order chi connectivity index (χ0) is 17.6. The number of β-amino-alcohol motifs (C(OH)–C–C–N with tert-alkyl or cyclic N) is 1. The summed E-state index contributed by atoms with van der Waals surface area (Å²) in [5, 5.41) is 19.2. The van der Waals surface area contributed by atoms with Gasteiger partial charge >= 0.3 is 0 Å². The van der Waals surface area contributed by atoms with Crippen LogP contribution in [-0.2, 0) is 18.4 Å². The summed E-state index contributed by atoms with van der Waals surface area (Å²) in [6.07, 6.45) is 5.42. The molecule has 4 rings (SSSR count). The monoisotopic (exact) mass is 340 g/mol. The number of nitrogens with zero attached hydrogens (tertiary/aromatic N) is 4. The molecule has 1 amide bonds. The van der Waals surface area contributed by atoms with E-state index >= 15 is 0 Å². The first-order chi connectivity index (χ1) is 12.0. The van der Waals surface area contributed by atoms with Gasteiger partial charge in [0.1, 0.15) is 11.3 Å². The molecule has 2 aliphatic rings. The highest BCUT2D eigenvalue weighted by atomic mass is 16.3. The Balaban J connectivity index is 1.56. The predicted octanol–water partition coefficient (Wildman–Crippen LogP) is 2.08. The molecule has 1 N–H and O–H groups in total. The molecule has 1 saturated heterocycles. The zero-order valence-electron chi connectivity index (χ0n) is 14.8. The van der Waals surface area contributed by atoms with E-state index in [1.54, 1.807) is 15.8 Å². The molecule has 1 unspecified atom stereocenters. The molecular formula is C19H24N4O2. The van der Waals surface area contributed by atoms with Crippen molar-refractivity contribution in [2.75, 3.05) is 13.1 Å². The third-order valence-corrected chi connectivity index (χ3v) is 5.43. The van der Waals surface area contributed by atoms with Crippen LogP contribution in [0.1, 0.15) is 59.9 Å². The van der Waals surface area contributed by atoms with Crippen molar-refractivity contribution in [3.05, 3.63) is 46.8 Å².